The molecule has 1 aromatic heterocycles. The SMILES string of the molecule is CCCNC(c1ncccc1OC)C1OCCC1C. The molecule has 2 heterocycles. The molecule has 1 saturated heterocycles. The highest BCUT2D eigenvalue weighted by Gasteiger charge is 2.34. The lowest BCUT2D eigenvalue weighted by Crippen LogP contribution is -2.36. The first-order valence-electron chi connectivity index (χ1n) is 7.11. The van der Waals surface area contributed by atoms with Crippen LogP contribution in [0.2, 0.25) is 0 Å². The van der Waals surface area contributed by atoms with E-state index >= 15 is 0 Å². The van der Waals surface area contributed by atoms with Gasteiger partial charge in [0.1, 0.15) is 11.4 Å². The summed E-state index contributed by atoms with van der Waals surface area (Å²) < 4.78 is 11.4. The van der Waals surface area contributed by atoms with E-state index < -0.39 is 0 Å². The number of ether oxygens (including phenoxy) is 2. The predicted octanol–water partition coefficient (Wildman–Crippen LogP) is 2.56. The monoisotopic (exact) mass is 264 g/mol. The van der Waals surface area contributed by atoms with Crippen molar-refractivity contribution in [3.63, 3.8) is 0 Å². The van der Waals surface area contributed by atoms with Crippen LogP contribution in [-0.4, -0.2) is 31.3 Å². The van der Waals surface area contributed by atoms with Gasteiger partial charge in [0.2, 0.25) is 0 Å². The number of hydrogen-bond donors (Lipinski definition) is 1. The number of hydrogen-bond acceptors (Lipinski definition) is 4. The van der Waals surface area contributed by atoms with Crippen molar-refractivity contribution < 1.29 is 9.47 Å². The van der Waals surface area contributed by atoms with Gasteiger partial charge in [0.15, 0.2) is 0 Å². The summed E-state index contributed by atoms with van der Waals surface area (Å²) in [5, 5.41) is 3.57. The summed E-state index contributed by atoms with van der Waals surface area (Å²) in [6.45, 7) is 6.20. The Morgan fingerprint density at radius 2 is 2.42 bits per heavy atom. The number of aromatic nitrogens is 1. The van der Waals surface area contributed by atoms with Gasteiger partial charge in [-0.3, -0.25) is 4.98 Å². The van der Waals surface area contributed by atoms with Crippen molar-refractivity contribution in [1.29, 1.82) is 0 Å². The second-order valence-electron chi connectivity index (χ2n) is 5.12. The number of pyridine rings is 1. The van der Waals surface area contributed by atoms with Crippen molar-refractivity contribution >= 4 is 0 Å². The fraction of sp³-hybridized carbons (Fsp3) is 0.667. The van der Waals surface area contributed by atoms with Crippen LogP contribution in [0.15, 0.2) is 18.3 Å². The number of methoxy groups -OCH3 is 1. The summed E-state index contributed by atoms with van der Waals surface area (Å²) >= 11 is 0. The highest BCUT2D eigenvalue weighted by molar-refractivity contribution is 5.30. The van der Waals surface area contributed by atoms with E-state index in [1.54, 1.807) is 7.11 Å². The van der Waals surface area contributed by atoms with E-state index in [0.29, 0.717) is 5.92 Å². The first-order chi connectivity index (χ1) is 9.27. The second-order valence-corrected chi connectivity index (χ2v) is 5.12. The summed E-state index contributed by atoms with van der Waals surface area (Å²) in [5.41, 5.74) is 0.956. The second kappa shape index (κ2) is 6.87. The number of rotatable bonds is 6. The van der Waals surface area contributed by atoms with Gasteiger partial charge < -0.3 is 14.8 Å². The molecule has 0 saturated carbocycles. The average molecular weight is 264 g/mol. The molecule has 19 heavy (non-hydrogen) atoms. The van der Waals surface area contributed by atoms with Crippen LogP contribution in [0.5, 0.6) is 5.75 Å². The zero-order valence-electron chi connectivity index (χ0n) is 12.1. The molecule has 0 amide bonds. The van der Waals surface area contributed by atoms with E-state index in [-0.39, 0.29) is 12.1 Å². The molecule has 3 unspecified atom stereocenters. The molecule has 1 N–H and O–H groups in total. The normalized spacial score (nSPS) is 24.4. The molecule has 0 radical (unpaired) electrons. The molecule has 0 spiro atoms. The summed E-state index contributed by atoms with van der Waals surface area (Å²) in [6.07, 6.45) is 4.20. The first kappa shape index (κ1) is 14.3. The molecule has 106 valence electrons. The van der Waals surface area contributed by atoms with Gasteiger partial charge >= 0.3 is 0 Å². The van der Waals surface area contributed by atoms with Gasteiger partial charge in [0.25, 0.3) is 0 Å². The largest absolute Gasteiger partial charge is 0.495 e. The Balaban J connectivity index is 2.25. The van der Waals surface area contributed by atoms with Gasteiger partial charge in [0, 0.05) is 12.8 Å². The summed E-state index contributed by atoms with van der Waals surface area (Å²) in [5.74, 6) is 1.37. The van der Waals surface area contributed by atoms with Gasteiger partial charge in [-0.25, -0.2) is 0 Å². The minimum atomic E-state index is 0.105. The Labute approximate surface area is 115 Å². The molecule has 0 aromatic carbocycles. The van der Waals surface area contributed by atoms with E-state index in [0.717, 1.165) is 37.4 Å². The highest BCUT2D eigenvalue weighted by atomic mass is 16.5. The molecule has 4 heteroatoms. The maximum absolute atomic E-state index is 5.92. The molecule has 1 aliphatic heterocycles. The molecular weight excluding hydrogens is 240 g/mol. The van der Waals surface area contributed by atoms with Crippen molar-refractivity contribution in [3.05, 3.63) is 24.0 Å². The Bertz CT molecular complexity index is 397. The van der Waals surface area contributed by atoms with E-state index in [2.05, 4.69) is 24.1 Å². The summed E-state index contributed by atoms with van der Waals surface area (Å²) in [4.78, 5) is 4.51. The Kier molecular flexibility index (Phi) is 5.16. The Morgan fingerprint density at radius 3 is 3.05 bits per heavy atom. The molecular formula is C15H24N2O2. The van der Waals surface area contributed by atoms with Gasteiger partial charge in [-0.15, -0.1) is 0 Å². The standard InChI is InChI=1S/C15H24N2O2/c1-4-8-16-14(15-11(2)7-10-19-15)13-12(18-3)6-5-9-17-13/h5-6,9,11,14-16H,4,7-8,10H2,1-3H3. The Morgan fingerprint density at radius 1 is 1.58 bits per heavy atom. The maximum Gasteiger partial charge on any atom is 0.142 e. The molecule has 4 nitrogen and oxygen atoms in total. The van der Waals surface area contributed by atoms with Crippen molar-refractivity contribution in [2.75, 3.05) is 20.3 Å². The zero-order valence-corrected chi connectivity index (χ0v) is 12.1. The molecule has 3 atom stereocenters. The first-order valence-corrected chi connectivity index (χ1v) is 7.11. The minimum absolute atomic E-state index is 0.105. The van der Waals surface area contributed by atoms with E-state index in [4.69, 9.17) is 9.47 Å². The third-order valence-electron chi connectivity index (χ3n) is 3.70. The number of nitrogens with zero attached hydrogens (tertiary/aromatic N) is 1. The summed E-state index contributed by atoms with van der Waals surface area (Å²) in [6, 6.07) is 3.97. The van der Waals surface area contributed by atoms with Crippen LogP contribution < -0.4 is 10.1 Å². The van der Waals surface area contributed by atoms with Crippen LogP contribution >= 0.6 is 0 Å². The lowest BCUT2D eigenvalue weighted by molar-refractivity contribution is 0.0586. The molecule has 0 aliphatic carbocycles. The van der Waals surface area contributed by atoms with Crippen LogP contribution in [0.3, 0.4) is 0 Å². The van der Waals surface area contributed by atoms with Gasteiger partial charge in [-0.05, 0) is 37.4 Å². The quantitative estimate of drug-likeness (QED) is 0.857. The average Bonchev–Trinajstić information content (AvgIpc) is 2.86. The maximum atomic E-state index is 5.92. The third-order valence-corrected chi connectivity index (χ3v) is 3.70. The van der Waals surface area contributed by atoms with Crippen molar-refractivity contribution in [2.45, 2.75) is 38.8 Å². The number of nitrogens with one attached hydrogen (secondary N) is 1. The summed E-state index contributed by atoms with van der Waals surface area (Å²) in [7, 11) is 1.69. The van der Waals surface area contributed by atoms with Crippen LogP contribution in [-0.2, 0) is 4.74 Å². The van der Waals surface area contributed by atoms with Gasteiger partial charge in [-0.2, -0.15) is 0 Å². The fourth-order valence-corrected chi connectivity index (χ4v) is 2.62. The molecule has 0 bridgehead atoms. The highest BCUT2D eigenvalue weighted by Crippen LogP contribution is 2.34. The van der Waals surface area contributed by atoms with Crippen molar-refractivity contribution in [3.8, 4) is 5.75 Å². The van der Waals surface area contributed by atoms with Crippen LogP contribution in [0.1, 0.15) is 38.4 Å². The third kappa shape index (κ3) is 3.25. The smallest absolute Gasteiger partial charge is 0.142 e. The Hall–Kier alpha value is -1.13. The van der Waals surface area contributed by atoms with E-state index in [1.807, 2.05) is 18.3 Å². The molecule has 1 fully saturated rings. The lowest BCUT2D eigenvalue weighted by Gasteiger charge is -2.27. The van der Waals surface area contributed by atoms with Crippen LogP contribution in [0.4, 0.5) is 0 Å². The van der Waals surface area contributed by atoms with Crippen LogP contribution in [0.25, 0.3) is 0 Å². The fourth-order valence-electron chi connectivity index (χ4n) is 2.62. The van der Waals surface area contributed by atoms with Gasteiger partial charge in [0.05, 0.1) is 19.3 Å². The van der Waals surface area contributed by atoms with Gasteiger partial charge in [-0.1, -0.05) is 13.8 Å². The molecule has 2 rings (SSSR count). The van der Waals surface area contributed by atoms with E-state index in [1.165, 1.54) is 0 Å². The molecule has 1 aromatic rings. The van der Waals surface area contributed by atoms with Crippen molar-refractivity contribution in [2.24, 2.45) is 5.92 Å². The zero-order chi connectivity index (χ0) is 13.7. The van der Waals surface area contributed by atoms with Crippen LogP contribution in [0, 0.1) is 5.92 Å². The van der Waals surface area contributed by atoms with E-state index in [9.17, 15) is 0 Å². The predicted molar refractivity (Wildman–Crippen MR) is 75.3 cm³/mol. The lowest BCUT2D eigenvalue weighted by atomic mass is 9.94. The molecule has 1 aliphatic rings. The topological polar surface area (TPSA) is 43.4 Å². The van der Waals surface area contributed by atoms with Crippen molar-refractivity contribution in [1.82, 2.24) is 10.3 Å². The minimum Gasteiger partial charge on any atom is -0.495 e.